The summed E-state index contributed by atoms with van der Waals surface area (Å²) in [5, 5.41) is 9.33. The summed E-state index contributed by atoms with van der Waals surface area (Å²) in [6.45, 7) is 0.104. The molecule has 1 amide bonds. The molecule has 1 atom stereocenters. The van der Waals surface area contributed by atoms with Crippen molar-refractivity contribution < 1.29 is 24.2 Å². The molecule has 0 bridgehead atoms. The van der Waals surface area contributed by atoms with Gasteiger partial charge in [-0.3, -0.25) is 9.59 Å². The fourth-order valence-electron chi connectivity index (χ4n) is 2.16. The molecule has 1 heterocycles. The highest BCUT2D eigenvalue weighted by atomic mass is 35.5. The van der Waals surface area contributed by atoms with Gasteiger partial charge in [0, 0.05) is 19.0 Å². The molecular formula is C13H14ClNO5. The highest BCUT2D eigenvalue weighted by Crippen LogP contribution is 2.40. The van der Waals surface area contributed by atoms with Crippen LogP contribution in [-0.2, 0) is 9.59 Å². The molecule has 0 aliphatic carbocycles. The van der Waals surface area contributed by atoms with E-state index in [0.29, 0.717) is 22.2 Å². The van der Waals surface area contributed by atoms with Crippen LogP contribution in [0.25, 0.3) is 0 Å². The van der Waals surface area contributed by atoms with E-state index < -0.39 is 11.9 Å². The van der Waals surface area contributed by atoms with E-state index >= 15 is 0 Å². The molecule has 0 aromatic heterocycles. The Bertz CT molecular complexity index is 560. The zero-order valence-electron chi connectivity index (χ0n) is 11.1. The van der Waals surface area contributed by atoms with E-state index in [-0.39, 0.29) is 18.9 Å². The average Bonchev–Trinajstić information content (AvgIpc) is 2.80. The van der Waals surface area contributed by atoms with E-state index in [2.05, 4.69) is 0 Å². The maximum Gasteiger partial charge on any atom is 0.308 e. The molecule has 1 aliphatic rings. The first kappa shape index (κ1) is 14.5. The zero-order valence-corrected chi connectivity index (χ0v) is 11.8. The van der Waals surface area contributed by atoms with Gasteiger partial charge in [-0.15, -0.1) is 0 Å². The molecule has 1 fully saturated rings. The lowest BCUT2D eigenvalue weighted by Gasteiger charge is -2.20. The number of hydrogen-bond donors (Lipinski definition) is 1. The standard InChI is InChI=1S/C13H14ClNO5/c1-19-10-5-11(20-2)9(4-8(10)14)15-6-7(13(17)18)3-12(15)16/h4-5,7H,3,6H2,1-2H3,(H,17,18)/t7-/m1/s1. The van der Waals surface area contributed by atoms with Crippen LogP contribution in [0.15, 0.2) is 12.1 Å². The second-order valence-electron chi connectivity index (χ2n) is 4.40. The molecule has 0 radical (unpaired) electrons. The van der Waals surface area contributed by atoms with E-state index in [1.165, 1.54) is 19.1 Å². The molecule has 108 valence electrons. The molecule has 1 saturated heterocycles. The van der Waals surface area contributed by atoms with Gasteiger partial charge >= 0.3 is 5.97 Å². The van der Waals surface area contributed by atoms with Crippen LogP contribution >= 0.6 is 11.6 Å². The van der Waals surface area contributed by atoms with Crippen molar-refractivity contribution in [3.05, 3.63) is 17.2 Å². The fourth-order valence-corrected chi connectivity index (χ4v) is 2.40. The molecule has 1 aliphatic heterocycles. The Hall–Kier alpha value is -1.95. The first-order valence-corrected chi connectivity index (χ1v) is 6.30. The quantitative estimate of drug-likeness (QED) is 0.917. The van der Waals surface area contributed by atoms with Crippen molar-refractivity contribution in [3.8, 4) is 11.5 Å². The Balaban J connectivity index is 2.40. The van der Waals surface area contributed by atoms with Crippen molar-refractivity contribution in [1.29, 1.82) is 0 Å². The number of carbonyl (C=O) groups is 2. The first-order chi connectivity index (χ1) is 9.47. The van der Waals surface area contributed by atoms with Crippen LogP contribution in [0, 0.1) is 5.92 Å². The zero-order chi connectivity index (χ0) is 14.9. The Morgan fingerprint density at radius 1 is 1.35 bits per heavy atom. The SMILES string of the molecule is COc1cc(OC)c(N2C[C@H](C(=O)O)CC2=O)cc1Cl. The first-order valence-electron chi connectivity index (χ1n) is 5.92. The molecule has 2 rings (SSSR count). The predicted octanol–water partition coefficient (Wildman–Crippen LogP) is 1.79. The number of rotatable bonds is 4. The van der Waals surface area contributed by atoms with Crippen molar-refractivity contribution in [1.82, 2.24) is 0 Å². The van der Waals surface area contributed by atoms with Crippen molar-refractivity contribution in [2.24, 2.45) is 5.92 Å². The van der Waals surface area contributed by atoms with Crippen LogP contribution in [0.1, 0.15) is 6.42 Å². The number of anilines is 1. The number of halogens is 1. The highest BCUT2D eigenvalue weighted by molar-refractivity contribution is 6.32. The molecule has 0 unspecified atom stereocenters. The Morgan fingerprint density at radius 2 is 2.00 bits per heavy atom. The van der Waals surface area contributed by atoms with E-state index in [1.807, 2.05) is 0 Å². The molecule has 7 heteroatoms. The van der Waals surface area contributed by atoms with E-state index in [0.717, 1.165) is 0 Å². The minimum absolute atomic E-state index is 0.0257. The van der Waals surface area contributed by atoms with Gasteiger partial charge in [0.15, 0.2) is 0 Å². The number of methoxy groups -OCH3 is 2. The summed E-state index contributed by atoms with van der Waals surface area (Å²) in [4.78, 5) is 24.3. The predicted molar refractivity (Wildman–Crippen MR) is 72.7 cm³/mol. The third kappa shape index (κ3) is 2.51. The van der Waals surface area contributed by atoms with Gasteiger partial charge in [-0.1, -0.05) is 11.6 Å². The van der Waals surface area contributed by atoms with Gasteiger partial charge < -0.3 is 19.5 Å². The maximum absolute atomic E-state index is 12.0. The monoisotopic (exact) mass is 299 g/mol. The summed E-state index contributed by atoms with van der Waals surface area (Å²) < 4.78 is 10.3. The normalized spacial score (nSPS) is 18.2. The summed E-state index contributed by atoms with van der Waals surface area (Å²) in [7, 11) is 2.93. The lowest BCUT2D eigenvalue weighted by molar-refractivity contribution is -0.141. The summed E-state index contributed by atoms with van der Waals surface area (Å²) in [6, 6.07) is 3.11. The number of carboxylic acids is 1. The number of benzene rings is 1. The van der Waals surface area contributed by atoms with Crippen molar-refractivity contribution in [2.45, 2.75) is 6.42 Å². The van der Waals surface area contributed by atoms with Gasteiger partial charge in [0.25, 0.3) is 0 Å². The molecule has 0 saturated carbocycles. The molecule has 1 aromatic rings. The molecule has 0 spiro atoms. The van der Waals surface area contributed by atoms with Crippen molar-refractivity contribution >= 4 is 29.2 Å². The molecule has 20 heavy (non-hydrogen) atoms. The number of hydrogen-bond acceptors (Lipinski definition) is 4. The van der Waals surface area contributed by atoms with Crippen LogP contribution in [0.2, 0.25) is 5.02 Å². The van der Waals surface area contributed by atoms with Gasteiger partial charge in [0.05, 0.1) is 30.8 Å². The molecular weight excluding hydrogens is 286 g/mol. The Morgan fingerprint density at radius 3 is 2.50 bits per heavy atom. The Kier molecular flexibility index (Phi) is 4.04. The molecule has 1 N–H and O–H groups in total. The summed E-state index contributed by atoms with van der Waals surface area (Å²) in [5.74, 6) is -1.14. The number of carboxylic acid groups (broad SMARTS) is 1. The lowest BCUT2D eigenvalue weighted by atomic mass is 10.1. The highest BCUT2D eigenvalue weighted by Gasteiger charge is 2.36. The summed E-state index contributed by atoms with van der Waals surface area (Å²) >= 11 is 6.05. The minimum Gasteiger partial charge on any atom is -0.495 e. The summed E-state index contributed by atoms with van der Waals surface area (Å²) in [6.07, 6.45) is -0.0257. The van der Waals surface area contributed by atoms with Gasteiger partial charge in [-0.25, -0.2) is 0 Å². The minimum atomic E-state index is -0.987. The van der Waals surface area contributed by atoms with E-state index in [1.54, 1.807) is 12.1 Å². The lowest BCUT2D eigenvalue weighted by Crippen LogP contribution is -2.26. The maximum atomic E-state index is 12.0. The number of ether oxygens (including phenoxy) is 2. The largest absolute Gasteiger partial charge is 0.495 e. The van der Waals surface area contributed by atoms with Crippen LogP contribution < -0.4 is 14.4 Å². The van der Waals surface area contributed by atoms with E-state index in [9.17, 15) is 9.59 Å². The van der Waals surface area contributed by atoms with Gasteiger partial charge in [-0.2, -0.15) is 0 Å². The number of carbonyl (C=O) groups excluding carboxylic acids is 1. The smallest absolute Gasteiger partial charge is 0.308 e. The average molecular weight is 300 g/mol. The van der Waals surface area contributed by atoms with Crippen molar-refractivity contribution in [2.75, 3.05) is 25.7 Å². The van der Waals surface area contributed by atoms with Crippen LogP contribution in [0.5, 0.6) is 11.5 Å². The van der Waals surface area contributed by atoms with Crippen molar-refractivity contribution in [3.63, 3.8) is 0 Å². The third-order valence-electron chi connectivity index (χ3n) is 3.22. The molecule has 1 aromatic carbocycles. The third-order valence-corrected chi connectivity index (χ3v) is 3.51. The van der Waals surface area contributed by atoms with Gasteiger partial charge in [-0.05, 0) is 6.07 Å². The Labute approximate surface area is 120 Å². The van der Waals surface area contributed by atoms with Crippen LogP contribution in [-0.4, -0.2) is 37.7 Å². The number of aliphatic carboxylic acids is 1. The second-order valence-corrected chi connectivity index (χ2v) is 4.81. The number of amides is 1. The van der Waals surface area contributed by atoms with Crippen LogP contribution in [0.3, 0.4) is 0 Å². The topological polar surface area (TPSA) is 76.1 Å². The molecule has 6 nitrogen and oxygen atoms in total. The second kappa shape index (κ2) is 5.58. The van der Waals surface area contributed by atoms with Crippen LogP contribution in [0.4, 0.5) is 5.69 Å². The van der Waals surface area contributed by atoms with E-state index in [4.69, 9.17) is 26.2 Å². The summed E-state index contributed by atoms with van der Waals surface area (Å²) in [5.41, 5.74) is 0.451. The fraction of sp³-hybridized carbons (Fsp3) is 0.385. The van der Waals surface area contributed by atoms with Gasteiger partial charge in [0.1, 0.15) is 11.5 Å². The number of nitrogens with zero attached hydrogens (tertiary/aromatic N) is 1. The van der Waals surface area contributed by atoms with Gasteiger partial charge in [0.2, 0.25) is 5.91 Å².